The van der Waals surface area contributed by atoms with Gasteiger partial charge in [0.05, 0.1) is 0 Å². The lowest BCUT2D eigenvalue weighted by atomic mass is 10.1. The van der Waals surface area contributed by atoms with Crippen molar-refractivity contribution < 1.29 is 0 Å². The molecular formula is C14H24IN3S. The van der Waals surface area contributed by atoms with Gasteiger partial charge < -0.3 is 10.6 Å². The summed E-state index contributed by atoms with van der Waals surface area (Å²) in [6.07, 6.45) is 5.25. The van der Waals surface area contributed by atoms with E-state index >= 15 is 0 Å². The Hall–Kier alpha value is -0.300. The highest BCUT2D eigenvalue weighted by Crippen LogP contribution is 2.18. The van der Waals surface area contributed by atoms with Crippen molar-refractivity contribution in [1.82, 2.24) is 10.6 Å². The second-order valence-electron chi connectivity index (χ2n) is 5.04. The maximum absolute atomic E-state index is 4.30. The summed E-state index contributed by atoms with van der Waals surface area (Å²) in [5.41, 5.74) is 1.41. The van der Waals surface area contributed by atoms with Gasteiger partial charge in [0.15, 0.2) is 5.96 Å². The van der Waals surface area contributed by atoms with Crippen LogP contribution in [0.2, 0.25) is 0 Å². The molecule has 108 valence electrons. The first kappa shape index (κ1) is 16.8. The van der Waals surface area contributed by atoms with Crippen molar-refractivity contribution >= 4 is 41.3 Å². The van der Waals surface area contributed by atoms with Crippen molar-refractivity contribution in [2.45, 2.75) is 44.6 Å². The van der Waals surface area contributed by atoms with E-state index in [4.69, 9.17) is 0 Å². The molecule has 0 aliphatic heterocycles. The average Bonchev–Trinajstić information content (AvgIpc) is 3.06. The van der Waals surface area contributed by atoms with E-state index in [2.05, 4.69) is 39.4 Å². The highest BCUT2D eigenvalue weighted by molar-refractivity contribution is 14.0. The molecule has 0 aromatic carbocycles. The minimum Gasteiger partial charge on any atom is -0.356 e. The predicted octanol–water partition coefficient (Wildman–Crippen LogP) is 3.58. The van der Waals surface area contributed by atoms with E-state index < -0.39 is 0 Å². The molecule has 1 aliphatic carbocycles. The third-order valence-corrected chi connectivity index (χ3v) is 4.31. The molecule has 2 N–H and O–H groups in total. The molecule has 0 saturated heterocycles. The Morgan fingerprint density at radius 3 is 2.79 bits per heavy atom. The Kier molecular flexibility index (Phi) is 7.75. The normalized spacial score (nSPS) is 17.9. The number of thiophene rings is 1. The van der Waals surface area contributed by atoms with Crippen LogP contribution in [0.25, 0.3) is 0 Å². The topological polar surface area (TPSA) is 36.4 Å². The van der Waals surface area contributed by atoms with Crippen molar-refractivity contribution in [3.8, 4) is 0 Å². The second kappa shape index (κ2) is 8.79. The summed E-state index contributed by atoms with van der Waals surface area (Å²) in [4.78, 5) is 4.30. The van der Waals surface area contributed by atoms with Gasteiger partial charge in [-0.15, -0.1) is 24.0 Å². The van der Waals surface area contributed by atoms with Gasteiger partial charge in [-0.05, 0) is 41.1 Å². The predicted molar refractivity (Wildman–Crippen MR) is 94.9 cm³/mol. The highest BCUT2D eigenvalue weighted by Gasteiger charge is 2.16. The zero-order valence-corrected chi connectivity index (χ0v) is 14.8. The molecule has 1 fully saturated rings. The molecule has 1 heterocycles. The SMILES string of the molecule is CN=C(NCC(C)c1ccsc1)NC1CCCC1.I. The van der Waals surface area contributed by atoms with Crippen LogP contribution < -0.4 is 10.6 Å². The number of aliphatic imine (C=N–C) groups is 1. The quantitative estimate of drug-likeness (QED) is 0.466. The molecular weight excluding hydrogens is 369 g/mol. The number of guanidine groups is 1. The van der Waals surface area contributed by atoms with Crippen LogP contribution in [0.15, 0.2) is 21.8 Å². The van der Waals surface area contributed by atoms with Crippen molar-refractivity contribution in [3.05, 3.63) is 22.4 Å². The minimum atomic E-state index is 0. The summed E-state index contributed by atoms with van der Waals surface area (Å²) < 4.78 is 0. The molecule has 1 unspecified atom stereocenters. The average molecular weight is 393 g/mol. The van der Waals surface area contributed by atoms with E-state index in [1.807, 2.05) is 7.05 Å². The molecule has 19 heavy (non-hydrogen) atoms. The second-order valence-corrected chi connectivity index (χ2v) is 5.82. The van der Waals surface area contributed by atoms with E-state index in [1.165, 1.54) is 31.2 Å². The van der Waals surface area contributed by atoms with Gasteiger partial charge >= 0.3 is 0 Å². The number of halogens is 1. The first-order chi connectivity index (χ1) is 8.79. The van der Waals surface area contributed by atoms with Gasteiger partial charge in [0.25, 0.3) is 0 Å². The molecule has 1 aromatic rings. The van der Waals surface area contributed by atoms with Gasteiger partial charge in [-0.1, -0.05) is 19.8 Å². The van der Waals surface area contributed by atoms with Crippen LogP contribution in [0.3, 0.4) is 0 Å². The van der Waals surface area contributed by atoms with Gasteiger partial charge in [-0.2, -0.15) is 11.3 Å². The van der Waals surface area contributed by atoms with Gasteiger partial charge in [-0.3, -0.25) is 4.99 Å². The number of rotatable bonds is 4. The number of hydrogen-bond donors (Lipinski definition) is 2. The van der Waals surface area contributed by atoms with E-state index in [0.29, 0.717) is 12.0 Å². The van der Waals surface area contributed by atoms with Gasteiger partial charge in [0.1, 0.15) is 0 Å². The van der Waals surface area contributed by atoms with Gasteiger partial charge in [0.2, 0.25) is 0 Å². The molecule has 3 nitrogen and oxygen atoms in total. The summed E-state index contributed by atoms with van der Waals surface area (Å²) >= 11 is 1.76. The molecule has 0 amide bonds. The van der Waals surface area contributed by atoms with Crippen molar-refractivity contribution in [2.75, 3.05) is 13.6 Å². The molecule has 1 aliphatic rings. The van der Waals surface area contributed by atoms with E-state index in [9.17, 15) is 0 Å². The van der Waals surface area contributed by atoms with Crippen LogP contribution in [-0.4, -0.2) is 25.6 Å². The van der Waals surface area contributed by atoms with Crippen LogP contribution in [0, 0.1) is 0 Å². The fourth-order valence-electron chi connectivity index (χ4n) is 2.38. The molecule has 5 heteroatoms. The van der Waals surface area contributed by atoms with Crippen molar-refractivity contribution in [3.63, 3.8) is 0 Å². The maximum Gasteiger partial charge on any atom is 0.191 e. The third-order valence-electron chi connectivity index (χ3n) is 3.61. The van der Waals surface area contributed by atoms with Crippen LogP contribution in [0.5, 0.6) is 0 Å². The third kappa shape index (κ3) is 5.30. The molecule has 1 aromatic heterocycles. The fraction of sp³-hybridized carbons (Fsp3) is 0.643. The van der Waals surface area contributed by atoms with Crippen LogP contribution >= 0.6 is 35.3 Å². The number of nitrogens with zero attached hydrogens (tertiary/aromatic N) is 1. The first-order valence-corrected chi connectivity index (χ1v) is 7.73. The zero-order valence-electron chi connectivity index (χ0n) is 11.7. The Morgan fingerprint density at radius 1 is 1.47 bits per heavy atom. The lowest BCUT2D eigenvalue weighted by Gasteiger charge is -2.18. The summed E-state index contributed by atoms with van der Waals surface area (Å²) in [7, 11) is 1.85. The lowest BCUT2D eigenvalue weighted by molar-refractivity contribution is 0.605. The van der Waals surface area contributed by atoms with Crippen molar-refractivity contribution in [1.29, 1.82) is 0 Å². The molecule has 1 atom stereocenters. The van der Waals surface area contributed by atoms with Crippen LogP contribution in [-0.2, 0) is 0 Å². The largest absolute Gasteiger partial charge is 0.356 e. The van der Waals surface area contributed by atoms with Crippen LogP contribution in [0.1, 0.15) is 44.1 Å². The molecule has 0 bridgehead atoms. The number of hydrogen-bond acceptors (Lipinski definition) is 2. The highest BCUT2D eigenvalue weighted by atomic mass is 127. The van der Waals surface area contributed by atoms with E-state index in [0.717, 1.165) is 12.5 Å². The van der Waals surface area contributed by atoms with Crippen molar-refractivity contribution in [2.24, 2.45) is 4.99 Å². The lowest BCUT2D eigenvalue weighted by Crippen LogP contribution is -2.43. The molecule has 0 radical (unpaired) electrons. The molecule has 0 spiro atoms. The Labute approximate surface area is 137 Å². The molecule has 1 saturated carbocycles. The zero-order chi connectivity index (χ0) is 12.8. The smallest absolute Gasteiger partial charge is 0.191 e. The summed E-state index contributed by atoms with van der Waals surface area (Å²) in [6, 6.07) is 2.82. The Morgan fingerprint density at radius 2 is 2.21 bits per heavy atom. The summed E-state index contributed by atoms with van der Waals surface area (Å²) in [5, 5.41) is 11.3. The summed E-state index contributed by atoms with van der Waals surface area (Å²) in [6.45, 7) is 3.18. The first-order valence-electron chi connectivity index (χ1n) is 6.79. The molecule has 2 rings (SSSR count). The van der Waals surface area contributed by atoms with Gasteiger partial charge in [-0.25, -0.2) is 0 Å². The van der Waals surface area contributed by atoms with Gasteiger partial charge in [0, 0.05) is 19.6 Å². The maximum atomic E-state index is 4.30. The monoisotopic (exact) mass is 393 g/mol. The number of nitrogens with one attached hydrogen (secondary N) is 2. The van der Waals surface area contributed by atoms with Crippen LogP contribution in [0.4, 0.5) is 0 Å². The Balaban J connectivity index is 0.00000180. The van der Waals surface area contributed by atoms with E-state index in [1.54, 1.807) is 11.3 Å². The minimum absolute atomic E-state index is 0. The van der Waals surface area contributed by atoms with E-state index in [-0.39, 0.29) is 24.0 Å². The Bertz CT molecular complexity index is 372. The summed E-state index contributed by atoms with van der Waals surface area (Å²) in [5.74, 6) is 1.47. The fourth-order valence-corrected chi connectivity index (χ4v) is 3.16. The standard InChI is InChI=1S/C14H23N3S.HI/c1-11(12-7-8-18-10-12)9-16-14(15-2)17-13-5-3-4-6-13;/h7-8,10-11,13H,3-6,9H2,1-2H3,(H2,15,16,17);1H.